The Kier molecular flexibility index (Phi) is 6.19. The van der Waals surface area contributed by atoms with Crippen LogP contribution in [0.5, 0.6) is 0 Å². The number of aliphatic imine (C=N–C) groups is 1. The molecule has 1 aromatic heterocycles. The standard InChI is InChI=1S/C19H30N4O3/c1-4-20-19(21-13-16-12-14(2)26-15(16)3)23-9-7-22(8-10-23)18(24)17-6-5-11-25-17/h12,17H,4-11,13H2,1-3H3,(H,20,21). The molecule has 26 heavy (non-hydrogen) atoms. The van der Waals surface area contributed by atoms with Crippen LogP contribution >= 0.6 is 0 Å². The molecule has 0 spiro atoms. The SMILES string of the molecule is CCNC(=NCc1cc(C)oc1C)N1CCN(C(=O)C2CCCO2)CC1. The van der Waals surface area contributed by atoms with Crippen molar-refractivity contribution in [2.45, 2.75) is 46.3 Å². The number of carbonyl (C=O) groups is 1. The lowest BCUT2D eigenvalue weighted by Gasteiger charge is -2.37. The highest BCUT2D eigenvalue weighted by Crippen LogP contribution is 2.17. The van der Waals surface area contributed by atoms with Crippen LogP contribution in [-0.2, 0) is 16.1 Å². The summed E-state index contributed by atoms with van der Waals surface area (Å²) >= 11 is 0. The molecule has 0 aromatic carbocycles. The third-order valence-electron chi connectivity index (χ3n) is 4.97. The molecule has 3 heterocycles. The van der Waals surface area contributed by atoms with Crippen molar-refractivity contribution < 1.29 is 13.9 Å². The lowest BCUT2D eigenvalue weighted by Crippen LogP contribution is -2.55. The molecule has 0 radical (unpaired) electrons. The average Bonchev–Trinajstić information content (AvgIpc) is 3.28. The maximum absolute atomic E-state index is 12.5. The van der Waals surface area contributed by atoms with Gasteiger partial charge in [-0.25, -0.2) is 4.99 Å². The molecular weight excluding hydrogens is 332 g/mol. The van der Waals surface area contributed by atoms with Crippen molar-refractivity contribution in [3.05, 3.63) is 23.2 Å². The van der Waals surface area contributed by atoms with Crippen molar-refractivity contribution in [3.63, 3.8) is 0 Å². The summed E-state index contributed by atoms with van der Waals surface area (Å²) in [4.78, 5) is 21.4. The first-order chi connectivity index (χ1) is 12.6. The number of amides is 1. The first-order valence-electron chi connectivity index (χ1n) is 9.58. The van der Waals surface area contributed by atoms with Crippen molar-refractivity contribution in [1.82, 2.24) is 15.1 Å². The molecule has 1 N–H and O–H groups in total. The third kappa shape index (κ3) is 4.38. The minimum atomic E-state index is -0.226. The fourth-order valence-corrected chi connectivity index (χ4v) is 3.54. The maximum Gasteiger partial charge on any atom is 0.251 e. The summed E-state index contributed by atoms with van der Waals surface area (Å²) in [5.74, 6) is 2.89. The highest BCUT2D eigenvalue weighted by molar-refractivity contribution is 5.82. The van der Waals surface area contributed by atoms with E-state index in [9.17, 15) is 4.79 Å². The van der Waals surface area contributed by atoms with E-state index in [0.29, 0.717) is 26.2 Å². The van der Waals surface area contributed by atoms with Gasteiger partial charge in [-0.2, -0.15) is 0 Å². The first kappa shape index (κ1) is 18.8. The van der Waals surface area contributed by atoms with E-state index in [1.54, 1.807) is 0 Å². The van der Waals surface area contributed by atoms with Crippen molar-refractivity contribution in [1.29, 1.82) is 0 Å². The Morgan fingerprint density at radius 3 is 2.58 bits per heavy atom. The van der Waals surface area contributed by atoms with Crippen molar-refractivity contribution in [3.8, 4) is 0 Å². The summed E-state index contributed by atoms with van der Waals surface area (Å²) in [6.07, 6.45) is 1.61. The Balaban J connectivity index is 1.58. The molecule has 2 aliphatic rings. The summed E-state index contributed by atoms with van der Waals surface area (Å²) in [6, 6.07) is 2.04. The van der Waals surface area contributed by atoms with Crippen LogP contribution in [0.1, 0.15) is 36.8 Å². The lowest BCUT2D eigenvalue weighted by atomic mass is 10.2. The predicted octanol–water partition coefficient (Wildman–Crippen LogP) is 1.69. The molecule has 7 nitrogen and oxygen atoms in total. The summed E-state index contributed by atoms with van der Waals surface area (Å²) in [7, 11) is 0. The fourth-order valence-electron chi connectivity index (χ4n) is 3.54. The zero-order valence-corrected chi connectivity index (χ0v) is 16.1. The van der Waals surface area contributed by atoms with Crippen molar-refractivity contribution in [2.75, 3.05) is 39.3 Å². The van der Waals surface area contributed by atoms with Crippen LogP contribution in [0.4, 0.5) is 0 Å². The molecule has 1 amide bonds. The van der Waals surface area contributed by atoms with Gasteiger partial charge in [0.1, 0.15) is 17.6 Å². The Labute approximate surface area is 155 Å². The number of furan rings is 1. The van der Waals surface area contributed by atoms with Crippen LogP contribution in [0, 0.1) is 13.8 Å². The topological polar surface area (TPSA) is 70.3 Å². The molecule has 2 aliphatic heterocycles. The van der Waals surface area contributed by atoms with E-state index in [2.05, 4.69) is 17.1 Å². The van der Waals surface area contributed by atoms with E-state index in [1.807, 2.05) is 24.8 Å². The summed E-state index contributed by atoms with van der Waals surface area (Å²) in [5, 5.41) is 3.37. The molecule has 2 saturated heterocycles. The van der Waals surface area contributed by atoms with Gasteiger partial charge in [-0.1, -0.05) is 0 Å². The van der Waals surface area contributed by atoms with Crippen LogP contribution in [0.15, 0.2) is 15.5 Å². The minimum absolute atomic E-state index is 0.147. The number of ether oxygens (including phenoxy) is 1. The van der Waals surface area contributed by atoms with Crippen molar-refractivity contribution in [2.24, 2.45) is 4.99 Å². The largest absolute Gasteiger partial charge is 0.466 e. The van der Waals surface area contributed by atoms with Crippen LogP contribution in [-0.4, -0.2) is 67.1 Å². The molecule has 1 unspecified atom stereocenters. The zero-order valence-electron chi connectivity index (χ0n) is 16.1. The highest BCUT2D eigenvalue weighted by atomic mass is 16.5. The Bertz CT molecular complexity index is 641. The summed E-state index contributed by atoms with van der Waals surface area (Å²) in [6.45, 7) is 11.1. The first-order valence-corrected chi connectivity index (χ1v) is 9.58. The monoisotopic (exact) mass is 362 g/mol. The number of guanidine groups is 1. The minimum Gasteiger partial charge on any atom is -0.466 e. The van der Waals surface area contributed by atoms with Gasteiger partial charge in [0.25, 0.3) is 5.91 Å². The highest BCUT2D eigenvalue weighted by Gasteiger charge is 2.30. The van der Waals surface area contributed by atoms with Crippen molar-refractivity contribution >= 4 is 11.9 Å². The Morgan fingerprint density at radius 1 is 1.27 bits per heavy atom. The normalized spacial score (nSPS) is 21.3. The molecule has 0 saturated carbocycles. The number of carbonyl (C=O) groups excluding carboxylic acids is 1. The van der Waals surface area contributed by atoms with Gasteiger partial charge >= 0.3 is 0 Å². The number of nitrogens with zero attached hydrogens (tertiary/aromatic N) is 3. The third-order valence-corrected chi connectivity index (χ3v) is 4.97. The second-order valence-electron chi connectivity index (χ2n) is 6.92. The fraction of sp³-hybridized carbons (Fsp3) is 0.684. The van der Waals surface area contributed by atoms with Crippen LogP contribution in [0.3, 0.4) is 0 Å². The number of piperazine rings is 1. The Hall–Kier alpha value is -2.02. The molecule has 2 fully saturated rings. The molecule has 1 aromatic rings. The van der Waals surface area contributed by atoms with Gasteiger partial charge in [0, 0.05) is 44.9 Å². The van der Waals surface area contributed by atoms with Gasteiger partial charge < -0.3 is 24.3 Å². The smallest absolute Gasteiger partial charge is 0.251 e. The van der Waals surface area contributed by atoms with Crippen LogP contribution < -0.4 is 5.32 Å². The Morgan fingerprint density at radius 2 is 2.00 bits per heavy atom. The van der Waals surface area contributed by atoms with Gasteiger partial charge in [-0.15, -0.1) is 0 Å². The number of hydrogen-bond acceptors (Lipinski definition) is 4. The van der Waals surface area contributed by atoms with E-state index >= 15 is 0 Å². The second kappa shape index (κ2) is 8.58. The molecule has 1 atom stereocenters. The average molecular weight is 362 g/mol. The van der Waals surface area contributed by atoms with Crippen LogP contribution in [0.25, 0.3) is 0 Å². The lowest BCUT2D eigenvalue weighted by molar-refractivity contribution is -0.142. The summed E-state index contributed by atoms with van der Waals surface area (Å²) in [5.41, 5.74) is 1.12. The van der Waals surface area contributed by atoms with Gasteiger partial charge in [-0.05, 0) is 39.7 Å². The van der Waals surface area contributed by atoms with E-state index in [4.69, 9.17) is 14.1 Å². The molecule has 144 valence electrons. The molecule has 7 heteroatoms. The molecule has 3 rings (SSSR count). The van der Waals surface area contributed by atoms with Gasteiger partial charge in [0.15, 0.2) is 5.96 Å². The number of rotatable bonds is 4. The summed E-state index contributed by atoms with van der Waals surface area (Å²) < 4.78 is 11.1. The number of hydrogen-bond donors (Lipinski definition) is 1. The van der Waals surface area contributed by atoms with Gasteiger partial charge in [0.05, 0.1) is 6.54 Å². The van der Waals surface area contributed by atoms with Gasteiger partial charge in [-0.3, -0.25) is 4.79 Å². The molecular formula is C19H30N4O3. The number of nitrogens with one attached hydrogen (secondary N) is 1. The quantitative estimate of drug-likeness (QED) is 0.652. The van der Waals surface area contributed by atoms with E-state index in [1.165, 1.54) is 0 Å². The van der Waals surface area contributed by atoms with E-state index in [0.717, 1.165) is 55.5 Å². The van der Waals surface area contributed by atoms with Crippen LogP contribution in [0.2, 0.25) is 0 Å². The zero-order chi connectivity index (χ0) is 18.5. The molecule has 0 aliphatic carbocycles. The maximum atomic E-state index is 12.5. The van der Waals surface area contributed by atoms with Gasteiger partial charge in [0.2, 0.25) is 0 Å². The molecule has 0 bridgehead atoms. The van der Waals surface area contributed by atoms with E-state index < -0.39 is 0 Å². The predicted molar refractivity (Wildman–Crippen MR) is 100 cm³/mol. The van der Waals surface area contributed by atoms with E-state index in [-0.39, 0.29) is 12.0 Å². The second-order valence-corrected chi connectivity index (χ2v) is 6.92. The number of aryl methyl sites for hydroxylation is 2.